The number of sulfonamides is 1. The quantitative estimate of drug-likeness (QED) is 0.360. The third-order valence-electron chi connectivity index (χ3n) is 5.11. The minimum Gasteiger partial charge on any atom is -0.467 e. The molecule has 3 aromatic rings. The topological polar surface area (TPSA) is 131 Å². The minimum atomic E-state index is -3.78. The summed E-state index contributed by atoms with van der Waals surface area (Å²) in [6.45, 7) is 3.37. The van der Waals surface area contributed by atoms with E-state index in [1.807, 2.05) is 6.07 Å². The fourth-order valence-corrected chi connectivity index (χ4v) is 6.53. The van der Waals surface area contributed by atoms with E-state index >= 15 is 0 Å². The molecule has 0 atom stereocenters. The second-order valence-corrected chi connectivity index (χ2v) is 11.6. The summed E-state index contributed by atoms with van der Waals surface area (Å²) in [4.78, 5) is 11.3. The molecule has 1 N–H and O–H groups in total. The lowest BCUT2D eigenvalue weighted by Gasteiger charge is -2.29. The SMILES string of the molecule is CC1CCN(S(=O)(=O)c2ccc(Sc3nnc(NCc4ccco4)s3)c([N+](=O)[O-])c2)CC1. The van der Waals surface area contributed by atoms with Crippen LogP contribution in [-0.2, 0) is 16.6 Å². The number of anilines is 1. The highest BCUT2D eigenvalue weighted by Gasteiger charge is 2.30. The highest BCUT2D eigenvalue weighted by Crippen LogP contribution is 2.39. The first kappa shape index (κ1) is 22.7. The third kappa shape index (κ3) is 5.11. The molecule has 0 radical (unpaired) electrons. The van der Waals surface area contributed by atoms with Crippen molar-refractivity contribution in [1.82, 2.24) is 14.5 Å². The van der Waals surface area contributed by atoms with Gasteiger partial charge in [0.1, 0.15) is 5.76 Å². The van der Waals surface area contributed by atoms with E-state index in [0.717, 1.165) is 36.4 Å². The van der Waals surface area contributed by atoms with Crippen molar-refractivity contribution in [2.24, 2.45) is 5.92 Å². The van der Waals surface area contributed by atoms with Crippen molar-refractivity contribution in [2.45, 2.75) is 40.4 Å². The molecule has 13 heteroatoms. The Labute approximate surface area is 193 Å². The van der Waals surface area contributed by atoms with Crippen molar-refractivity contribution in [3.05, 3.63) is 52.5 Å². The van der Waals surface area contributed by atoms with Gasteiger partial charge >= 0.3 is 0 Å². The molecule has 170 valence electrons. The van der Waals surface area contributed by atoms with Crippen LogP contribution in [0.25, 0.3) is 0 Å². The van der Waals surface area contributed by atoms with Gasteiger partial charge in [-0.2, -0.15) is 4.31 Å². The summed E-state index contributed by atoms with van der Waals surface area (Å²) in [7, 11) is -3.78. The van der Waals surface area contributed by atoms with E-state index < -0.39 is 14.9 Å². The first-order chi connectivity index (χ1) is 15.3. The predicted octanol–water partition coefficient (Wildman–Crippen LogP) is 4.22. The second-order valence-electron chi connectivity index (χ2n) is 7.38. The second kappa shape index (κ2) is 9.57. The summed E-state index contributed by atoms with van der Waals surface area (Å²) < 4.78 is 33.1. The Morgan fingerprint density at radius 3 is 2.78 bits per heavy atom. The maximum Gasteiger partial charge on any atom is 0.284 e. The number of furan rings is 1. The van der Waals surface area contributed by atoms with E-state index in [-0.39, 0.29) is 10.6 Å². The van der Waals surface area contributed by atoms with E-state index in [1.54, 1.807) is 12.3 Å². The zero-order valence-corrected chi connectivity index (χ0v) is 19.6. The lowest BCUT2D eigenvalue weighted by Crippen LogP contribution is -2.37. The Bertz CT molecular complexity index is 1190. The number of piperidine rings is 1. The Hall–Kier alpha value is -2.48. The molecule has 0 unspecified atom stereocenters. The molecule has 0 bridgehead atoms. The predicted molar refractivity (Wildman–Crippen MR) is 120 cm³/mol. The van der Waals surface area contributed by atoms with Crippen molar-refractivity contribution in [3.8, 4) is 0 Å². The summed E-state index contributed by atoms with van der Waals surface area (Å²) in [5.74, 6) is 1.21. The van der Waals surface area contributed by atoms with Crippen molar-refractivity contribution in [1.29, 1.82) is 0 Å². The van der Waals surface area contributed by atoms with Gasteiger partial charge in [0, 0.05) is 19.2 Å². The zero-order chi connectivity index (χ0) is 22.7. The highest BCUT2D eigenvalue weighted by molar-refractivity contribution is 8.01. The van der Waals surface area contributed by atoms with Crippen LogP contribution >= 0.6 is 23.1 Å². The monoisotopic (exact) mass is 495 g/mol. The number of nitrogens with one attached hydrogen (secondary N) is 1. The molecule has 3 heterocycles. The molecule has 32 heavy (non-hydrogen) atoms. The Morgan fingerprint density at radius 2 is 2.09 bits per heavy atom. The van der Waals surface area contributed by atoms with Gasteiger partial charge in [-0.05, 0) is 54.8 Å². The van der Waals surface area contributed by atoms with Gasteiger partial charge in [0.2, 0.25) is 15.2 Å². The van der Waals surface area contributed by atoms with Crippen LogP contribution in [0, 0.1) is 16.0 Å². The molecule has 1 fully saturated rings. The molecule has 4 rings (SSSR count). The van der Waals surface area contributed by atoms with E-state index in [0.29, 0.717) is 39.9 Å². The fourth-order valence-electron chi connectivity index (χ4n) is 3.25. The van der Waals surface area contributed by atoms with Gasteiger partial charge in [-0.3, -0.25) is 10.1 Å². The van der Waals surface area contributed by atoms with Crippen LogP contribution in [0.4, 0.5) is 10.8 Å². The summed E-state index contributed by atoms with van der Waals surface area (Å²) >= 11 is 2.31. The number of nitro groups is 1. The molecule has 1 aliphatic rings. The molecule has 0 spiro atoms. The molecule has 0 saturated carbocycles. The van der Waals surface area contributed by atoms with Crippen LogP contribution in [0.15, 0.2) is 55.1 Å². The molecular weight excluding hydrogens is 474 g/mol. The number of benzene rings is 1. The largest absolute Gasteiger partial charge is 0.467 e. The summed E-state index contributed by atoms with van der Waals surface area (Å²) in [5.41, 5.74) is -0.276. The normalized spacial score (nSPS) is 15.7. The molecule has 0 aliphatic carbocycles. The zero-order valence-electron chi connectivity index (χ0n) is 17.1. The maximum atomic E-state index is 13.0. The van der Waals surface area contributed by atoms with Gasteiger partial charge in [0.15, 0.2) is 4.34 Å². The first-order valence-corrected chi connectivity index (χ1v) is 13.0. The van der Waals surface area contributed by atoms with E-state index in [2.05, 4.69) is 22.4 Å². The maximum absolute atomic E-state index is 13.0. The molecule has 2 aromatic heterocycles. The number of aromatic nitrogens is 2. The van der Waals surface area contributed by atoms with E-state index in [9.17, 15) is 18.5 Å². The molecule has 1 aromatic carbocycles. The minimum absolute atomic E-state index is 0.0684. The molecule has 1 aliphatic heterocycles. The molecule has 1 saturated heterocycles. The van der Waals surface area contributed by atoms with Crippen molar-refractivity contribution in [3.63, 3.8) is 0 Å². The smallest absolute Gasteiger partial charge is 0.284 e. The Balaban J connectivity index is 1.50. The average molecular weight is 496 g/mol. The van der Waals surface area contributed by atoms with Gasteiger partial charge in [0.25, 0.3) is 5.69 Å². The number of hydrogen-bond acceptors (Lipinski definition) is 10. The van der Waals surface area contributed by atoms with Crippen LogP contribution in [-0.4, -0.2) is 40.9 Å². The van der Waals surface area contributed by atoms with Crippen molar-refractivity contribution in [2.75, 3.05) is 18.4 Å². The van der Waals surface area contributed by atoms with Gasteiger partial charge in [-0.25, -0.2) is 8.42 Å². The third-order valence-corrected chi connectivity index (χ3v) is 9.00. The average Bonchev–Trinajstić information content (AvgIpc) is 3.44. The number of rotatable bonds is 8. The van der Waals surface area contributed by atoms with Crippen LogP contribution < -0.4 is 5.32 Å². The number of nitrogens with zero attached hydrogens (tertiary/aromatic N) is 4. The molecule has 0 amide bonds. The van der Waals surface area contributed by atoms with E-state index in [4.69, 9.17) is 4.42 Å². The highest BCUT2D eigenvalue weighted by atomic mass is 32.2. The van der Waals surface area contributed by atoms with Gasteiger partial charge < -0.3 is 9.73 Å². The number of hydrogen-bond donors (Lipinski definition) is 1. The molecule has 10 nitrogen and oxygen atoms in total. The van der Waals surface area contributed by atoms with Crippen molar-refractivity contribution < 1.29 is 17.8 Å². The lowest BCUT2D eigenvalue weighted by molar-refractivity contribution is -0.388. The van der Waals surface area contributed by atoms with Crippen molar-refractivity contribution >= 4 is 43.9 Å². The van der Waals surface area contributed by atoms with Crippen LogP contribution in [0.5, 0.6) is 0 Å². The first-order valence-electron chi connectivity index (χ1n) is 9.89. The van der Waals surface area contributed by atoms with Gasteiger partial charge in [-0.15, -0.1) is 10.2 Å². The van der Waals surface area contributed by atoms with Crippen LogP contribution in [0.2, 0.25) is 0 Å². The number of nitro benzene ring substituents is 1. The summed E-state index contributed by atoms with van der Waals surface area (Å²) in [5, 5.41) is 23.4. The van der Waals surface area contributed by atoms with Crippen LogP contribution in [0.1, 0.15) is 25.5 Å². The lowest BCUT2D eigenvalue weighted by atomic mass is 10.0. The Kier molecular flexibility index (Phi) is 6.79. The Morgan fingerprint density at radius 1 is 1.31 bits per heavy atom. The summed E-state index contributed by atoms with van der Waals surface area (Å²) in [6, 6.07) is 7.62. The summed E-state index contributed by atoms with van der Waals surface area (Å²) in [6.07, 6.45) is 3.14. The fraction of sp³-hybridized carbons (Fsp3) is 0.368. The van der Waals surface area contributed by atoms with E-state index in [1.165, 1.54) is 27.8 Å². The van der Waals surface area contributed by atoms with Gasteiger partial charge in [-0.1, -0.05) is 18.3 Å². The standard InChI is InChI=1S/C19H21N5O5S3/c1-13-6-8-23(9-7-13)32(27,28)15-4-5-17(16(11-15)24(25)26)30-19-22-21-18(31-19)20-12-14-3-2-10-29-14/h2-5,10-11,13H,6-9,12H2,1H3,(H,20,21). The van der Waals surface area contributed by atoms with Crippen LogP contribution in [0.3, 0.4) is 0 Å². The molecular formula is C19H21N5O5S3. The van der Waals surface area contributed by atoms with Gasteiger partial charge in [0.05, 0.1) is 27.5 Å².